The largest absolute Gasteiger partial charge is 0.355 e. The van der Waals surface area contributed by atoms with Gasteiger partial charge in [-0.05, 0) is 37.4 Å². The number of rotatable bonds is 5. The van der Waals surface area contributed by atoms with Crippen LogP contribution in [0.25, 0.3) is 0 Å². The second kappa shape index (κ2) is 10.8. The van der Waals surface area contributed by atoms with Gasteiger partial charge in [-0.3, -0.25) is 4.99 Å². The van der Waals surface area contributed by atoms with Gasteiger partial charge in [-0.15, -0.1) is 24.0 Å². The van der Waals surface area contributed by atoms with Crippen molar-refractivity contribution in [1.29, 1.82) is 0 Å². The predicted molar refractivity (Wildman–Crippen MR) is 105 cm³/mol. The number of aliphatic imine (C=N–C) groups is 1. The van der Waals surface area contributed by atoms with Crippen molar-refractivity contribution in [3.63, 3.8) is 0 Å². The molecule has 1 fully saturated rings. The molecule has 22 heavy (non-hydrogen) atoms. The fourth-order valence-corrected chi connectivity index (χ4v) is 2.62. The molecule has 124 valence electrons. The van der Waals surface area contributed by atoms with E-state index in [2.05, 4.69) is 51.7 Å². The summed E-state index contributed by atoms with van der Waals surface area (Å²) < 4.78 is 0. The molecule has 0 bridgehead atoms. The summed E-state index contributed by atoms with van der Waals surface area (Å²) in [5.41, 5.74) is 1.27. The molecule has 0 unspecified atom stereocenters. The molecule has 0 atom stereocenters. The summed E-state index contributed by atoms with van der Waals surface area (Å²) in [6.07, 6.45) is 2.67. The first-order chi connectivity index (χ1) is 10.3. The molecule has 1 aliphatic heterocycles. The third-order valence-electron chi connectivity index (χ3n) is 4.12. The highest BCUT2D eigenvalue weighted by molar-refractivity contribution is 14.0. The van der Waals surface area contributed by atoms with E-state index >= 15 is 0 Å². The Labute approximate surface area is 151 Å². The number of benzene rings is 1. The zero-order valence-electron chi connectivity index (χ0n) is 13.7. The highest BCUT2D eigenvalue weighted by Crippen LogP contribution is 2.14. The van der Waals surface area contributed by atoms with Crippen molar-refractivity contribution in [1.82, 2.24) is 15.5 Å². The van der Waals surface area contributed by atoms with Gasteiger partial charge in [-0.2, -0.15) is 0 Å². The van der Waals surface area contributed by atoms with Gasteiger partial charge in [0.1, 0.15) is 0 Å². The maximum absolute atomic E-state index is 4.27. The van der Waals surface area contributed by atoms with Crippen molar-refractivity contribution in [2.24, 2.45) is 10.9 Å². The van der Waals surface area contributed by atoms with E-state index in [1.54, 1.807) is 0 Å². The van der Waals surface area contributed by atoms with Crippen LogP contribution in [0.1, 0.15) is 25.3 Å². The average molecular weight is 416 g/mol. The van der Waals surface area contributed by atoms with Gasteiger partial charge >= 0.3 is 0 Å². The molecule has 1 aromatic rings. The molecule has 1 aliphatic rings. The van der Waals surface area contributed by atoms with Crippen LogP contribution in [-0.2, 0) is 6.54 Å². The molecule has 0 aromatic heterocycles. The Morgan fingerprint density at radius 1 is 1.18 bits per heavy atom. The minimum atomic E-state index is 0. The van der Waals surface area contributed by atoms with Gasteiger partial charge in [0, 0.05) is 26.7 Å². The van der Waals surface area contributed by atoms with Crippen LogP contribution in [0.15, 0.2) is 35.3 Å². The topological polar surface area (TPSA) is 39.7 Å². The molecule has 4 nitrogen and oxygen atoms in total. The molecule has 0 radical (unpaired) electrons. The highest BCUT2D eigenvalue weighted by atomic mass is 127. The van der Waals surface area contributed by atoms with Gasteiger partial charge in [0.2, 0.25) is 0 Å². The van der Waals surface area contributed by atoms with Gasteiger partial charge in [0.25, 0.3) is 0 Å². The summed E-state index contributed by atoms with van der Waals surface area (Å²) in [5, 5.41) is 6.75. The molecule has 1 aromatic carbocycles. The molecular formula is C17H29IN4. The Kier molecular flexibility index (Phi) is 9.47. The van der Waals surface area contributed by atoms with E-state index in [0.29, 0.717) is 0 Å². The minimum absolute atomic E-state index is 0. The van der Waals surface area contributed by atoms with Crippen LogP contribution < -0.4 is 10.6 Å². The fraction of sp³-hybridized carbons (Fsp3) is 0.588. The van der Waals surface area contributed by atoms with E-state index < -0.39 is 0 Å². The summed E-state index contributed by atoms with van der Waals surface area (Å²) in [4.78, 5) is 6.81. The number of likely N-dealkylation sites (tertiary alicyclic amines) is 1. The minimum Gasteiger partial charge on any atom is -0.355 e. The lowest BCUT2D eigenvalue weighted by atomic mass is 9.99. The van der Waals surface area contributed by atoms with E-state index in [4.69, 9.17) is 0 Å². The normalized spacial score (nSPS) is 16.9. The van der Waals surface area contributed by atoms with E-state index in [9.17, 15) is 0 Å². The number of nitrogens with zero attached hydrogens (tertiary/aromatic N) is 2. The maximum atomic E-state index is 4.27. The van der Waals surface area contributed by atoms with Gasteiger partial charge in [-0.25, -0.2) is 0 Å². The van der Waals surface area contributed by atoms with Crippen LogP contribution in [0.4, 0.5) is 0 Å². The third-order valence-corrected chi connectivity index (χ3v) is 4.12. The smallest absolute Gasteiger partial charge is 0.191 e. The van der Waals surface area contributed by atoms with Crippen molar-refractivity contribution in [3.05, 3.63) is 35.9 Å². The zero-order chi connectivity index (χ0) is 14.9. The summed E-state index contributed by atoms with van der Waals surface area (Å²) in [6, 6.07) is 10.4. The molecular weight excluding hydrogens is 387 g/mol. The summed E-state index contributed by atoms with van der Waals surface area (Å²) in [7, 11) is 1.82. The second-order valence-corrected chi connectivity index (χ2v) is 5.86. The molecule has 5 heteroatoms. The summed E-state index contributed by atoms with van der Waals surface area (Å²) in [5.74, 6) is 1.78. The Hall–Kier alpha value is -0.820. The first kappa shape index (κ1) is 19.2. The second-order valence-electron chi connectivity index (χ2n) is 5.86. The Morgan fingerprint density at radius 2 is 1.86 bits per heavy atom. The number of hydrogen-bond donors (Lipinski definition) is 2. The lowest BCUT2D eigenvalue weighted by molar-refractivity contribution is 0.195. The SMILES string of the molecule is CN=C(NCCN1CCC(C)CC1)NCc1ccccc1.I. The van der Waals surface area contributed by atoms with Gasteiger partial charge in [0.15, 0.2) is 5.96 Å². The molecule has 0 saturated carbocycles. The van der Waals surface area contributed by atoms with E-state index in [0.717, 1.165) is 31.5 Å². The van der Waals surface area contributed by atoms with Crippen LogP contribution in [0.5, 0.6) is 0 Å². The van der Waals surface area contributed by atoms with E-state index in [1.165, 1.54) is 31.5 Å². The monoisotopic (exact) mass is 416 g/mol. The zero-order valence-corrected chi connectivity index (χ0v) is 16.0. The van der Waals surface area contributed by atoms with Crippen LogP contribution in [0.3, 0.4) is 0 Å². The number of halogens is 1. The van der Waals surface area contributed by atoms with Crippen LogP contribution in [-0.4, -0.2) is 44.1 Å². The molecule has 1 saturated heterocycles. The average Bonchev–Trinajstić information content (AvgIpc) is 2.53. The highest BCUT2D eigenvalue weighted by Gasteiger charge is 2.14. The number of hydrogen-bond acceptors (Lipinski definition) is 2. The van der Waals surface area contributed by atoms with Crippen LogP contribution in [0.2, 0.25) is 0 Å². The van der Waals surface area contributed by atoms with Gasteiger partial charge < -0.3 is 15.5 Å². The van der Waals surface area contributed by atoms with E-state index in [-0.39, 0.29) is 24.0 Å². The molecule has 0 spiro atoms. The van der Waals surface area contributed by atoms with Crippen molar-refractivity contribution in [2.75, 3.05) is 33.2 Å². The Bertz CT molecular complexity index is 428. The van der Waals surface area contributed by atoms with Crippen molar-refractivity contribution in [3.8, 4) is 0 Å². The van der Waals surface area contributed by atoms with Crippen molar-refractivity contribution >= 4 is 29.9 Å². The van der Waals surface area contributed by atoms with Crippen LogP contribution >= 0.6 is 24.0 Å². The quantitative estimate of drug-likeness (QED) is 0.441. The summed E-state index contributed by atoms with van der Waals surface area (Å²) >= 11 is 0. The van der Waals surface area contributed by atoms with Crippen LogP contribution in [0, 0.1) is 5.92 Å². The number of piperidine rings is 1. The fourth-order valence-electron chi connectivity index (χ4n) is 2.62. The Balaban J connectivity index is 0.00000242. The number of guanidine groups is 1. The molecule has 2 N–H and O–H groups in total. The maximum Gasteiger partial charge on any atom is 0.191 e. The molecule has 2 rings (SSSR count). The summed E-state index contributed by atoms with van der Waals surface area (Å²) in [6.45, 7) is 7.67. The third kappa shape index (κ3) is 6.96. The van der Waals surface area contributed by atoms with Crippen molar-refractivity contribution < 1.29 is 0 Å². The molecule has 1 heterocycles. The Morgan fingerprint density at radius 3 is 2.50 bits per heavy atom. The predicted octanol–water partition coefficient (Wildman–Crippen LogP) is 2.70. The first-order valence-corrected chi connectivity index (χ1v) is 7.98. The lowest BCUT2D eigenvalue weighted by Gasteiger charge is -2.30. The lowest BCUT2D eigenvalue weighted by Crippen LogP contribution is -2.43. The van der Waals surface area contributed by atoms with Gasteiger partial charge in [-0.1, -0.05) is 37.3 Å². The van der Waals surface area contributed by atoms with Crippen molar-refractivity contribution in [2.45, 2.75) is 26.3 Å². The molecule has 0 aliphatic carbocycles. The first-order valence-electron chi connectivity index (χ1n) is 7.98. The van der Waals surface area contributed by atoms with Gasteiger partial charge in [0.05, 0.1) is 0 Å². The van der Waals surface area contributed by atoms with E-state index in [1.807, 2.05) is 13.1 Å². The molecule has 0 amide bonds. The standard InChI is InChI=1S/C17H28N4.HI/c1-15-8-11-21(12-9-15)13-10-19-17(18-2)20-14-16-6-4-3-5-7-16;/h3-7,15H,8-14H2,1-2H3,(H2,18,19,20);1H. The number of nitrogens with one attached hydrogen (secondary N) is 2.